The van der Waals surface area contributed by atoms with Crippen LogP contribution in [0.5, 0.6) is 0 Å². The number of rotatable bonds is 5. The summed E-state index contributed by atoms with van der Waals surface area (Å²) in [6.07, 6.45) is 12.2. The van der Waals surface area contributed by atoms with E-state index in [1.165, 1.54) is 44.3 Å². The van der Waals surface area contributed by atoms with Crippen molar-refractivity contribution in [3.05, 3.63) is 36.0 Å². The van der Waals surface area contributed by atoms with Crippen LogP contribution >= 0.6 is 0 Å². The second-order valence-corrected chi connectivity index (χ2v) is 7.03. The van der Waals surface area contributed by atoms with E-state index in [9.17, 15) is 0 Å². The summed E-state index contributed by atoms with van der Waals surface area (Å²) >= 11 is 0. The van der Waals surface area contributed by atoms with Crippen molar-refractivity contribution < 1.29 is 0 Å². The fraction of sp³-hybridized carbons (Fsp3) is 0.611. The number of hydrogen-bond acceptors (Lipinski definition) is 5. The van der Waals surface area contributed by atoms with E-state index in [-0.39, 0.29) is 0 Å². The van der Waals surface area contributed by atoms with E-state index in [2.05, 4.69) is 30.9 Å². The lowest BCUT2D eigenvalue weighted by Gasteiger charge is -2.32. The molecule has 6 heteroatoms. The summed E-state index contributed by atoms with van der Waals surface area (Å²) in [6.45, 7) is 5.13. The minimum Gasteiger partial charge on any atom is -0.363 e. The summed E-state index contributed by atoms with van der Waals surface area (Å²) in [5.74, 6) is 1.70. The van der Waals surface area contributed by atoms with Gasteiger partial charge in [-0.15, -0.1) is 0 Å². The van der Waals surface area contributed by atoms with Gasteiger partial charge in [-0.05, 0) is 24.8 Å². The number of aromatic nitrogens is 4. The molecular formula is C18H26N6. The molecule has 1 saturated carbocycles. The molecule has 0 aromatic carbocycles. The summed E-state index contributed by atoms with van der Waals surface area (Å²) in [7, 11) is 0. The van der Waals surface area contributed by atoms with Crippen molar-refractivity contribution in [2.24, 2.45) is 5.92 Å². The lowest BCUT2D eigenvalue weighted by atomic mass is 9.89. The Balaban J connectivity index is 1.33. The van der Waals surface area contributed by atoms with Gasteiger partial charge in [0.25, 0.3) is 0 Å². The molecule has 4 rings (SSSR count). The fourth-order valence-corrected chi connectivity index (χ4v) is 3.93. The summed E-state index contributed by atoms with van der Waals surface area (Å²) in [6, 6.07) is 2.23. The van der Waals surface area contributed by atoms with Crippen LogP contribution in [0.25, 0.3) is 0 Å². The maximum absolute atomic E-state index is 4.73. The van der Waals surface area contributed by atoms with Crippen LogP contribution in [0.15, 0.2) is 24.7 Å². The van der Waals surface area contributed by atoms with E-state index >= 15 is 0 Å². The van der Waals surface area contributed by atoms with Crippen LogP contribution in [0, 0.1) is 5.92 Å². The molecule has 1 fully saturated rings. The third-order valence-electron chi connectivity index (χ3n) is 5.18. The zero-order chi connectivity index (χ0) is 16.2. The minimum atomic E-state index is 0.696. The lowest BCUT2D eigenvalue weighted by molar-refractivity contribution is 0.163. The molecule has 1 N–H and O–H groups in total. The van der Waals surface area contributed by atoms with Crippen LogP contribution in [0.1, 0.15) is 43.5 Å². The second-order valence-electron chi connectivity index (χ2n) is 7.03. The molecule has 2 aromatic heterocycles. The predicted octanol–water partition coefficient (Wildman–Crippen LogP) is 2.68. The molecule has 3 heterocycles. The van der Waals surface area contributed by atoms with Crippen LogP contribution in [-0.2, 0) is 19.6 Å². The average Bonchev–Trinajstić information content (AvgIpc) is 3.04. The van der Waals surface area contributed by atoms with Crippen molar-refractivity contribution in [3.8, 4) is 0 Å². The van der Waals surface area contributed by atoms with E-state index in [1.807, 2.05) is 0 Å². The summed E-state index contributed by atoms with van der Waals surface area (Å²) in [4.78, 5) is 10.9. The van der Waals surface area contributed by atoms with Crippen LogP contribution in [0.3, 0.4) is 0 Å². The standard InChI is InChI=1S/C18H26N6/c1-2-4-15(5-3-1)13-23-8-9-24-17(14-23)10-16(22-24)11-21-18-12-19-6-7-20-18/h6-7,10,12,15H,1-5,8-9,11,13-14H2,(H,20,21). The first-order chi connectivity index (χ1) is 11.9. The van der Waals surface area contributed by atoms with E-state index in [4.69, 9.17) is 5.10 Å². The summed E-state index contributed by atoms with van der Waals surface area (Å²) < 4.78 is 2.17. The third-order valence-corrected chi connectivity index (χ3v) is 5.18. The van der Waals surface area contributed by atoms with Gasteiger partial charge in [-0.3, -0.25) is 14.6 Å². The number of anilines is 1. The van der Waals surface area contributed by atoms with Crippen LogP contribution in [0.4, 0.5) is 5.82 Å². The van der Waals surface area contributed by atoms with Gasteiger partial charge in [-0.25, -0.2) is 4.98 Å². The van der Waals surface area contributed by atoms with E-state index in [0.717, 1.165) is 37.1 Å². The molecule has 2 aromatic rings. The molecule has 0 saturated heterocycles. The van der Waals surface area contributed by atoms with E-state index in [0.29, 0.717) is 6.54 Å². The van der Waals surface area contributed by atoms with Gasteiger partial charge in [0.1, 0.15) is 5.82 Å². The number of fused-ring (bicyclic) bond motifs is 1. The highest BCUT2D eigenvalue weighted by Gasteiger charge is 2.22. The van der Waals surface area contributed by atoms with Crippen molar-refractivity contribution in [3.63, 3.8) is 0 Å². The van der Waals surface area contributed by atoms with Gasteiger partial charge in [0.05, 0.1) is 30.7 Å². The monoisotopic (exact) mass is 326 g/mol. The highest BCUT2D eigenvalue weighted by molar-refractivity contribution is 5.31. The molecule has 1 aliphatic carbocycles. The Hall–Kier alpha value is -1.95. The molecular weight excluding hydrogens is 300 g/mol. The quantitative estimate of drug-likeness (QED) is 0.915. The summed E-state index contributed by atoms with van der Waals surface area (Å²) in [5.41, 5.74) is 2.42. The van der Waals surface area contributed by atoms with Gasteiger partial charge < -0.3 is 5.32 Å². The Kier molecular flexibility index (Phi) is 4.74. The molecule has 128 valence electrons. The Morgan fingerprint density at radius 2 is 2.04 bits per heavy atom. The van der Waals surface area contributed by atoms with Gasteiger partial charge in [-0.2, -0.15) is 5.10 Å². The third kappa shape index (κ3) is 3.75. The molecule has 0 bridgehead atoms. The fourth-order valence-electron chi connectivity index (χ4n) is 3.93. The predicted molar refractivity (Wildman–Crippen MR) is 93.4 cm³/mol. The second kappa shape index (κ2) is 7.30. The van der Waals surface area contributed by atoms with E-state index in [1.54, 1.807) is 18.6 Å². The number of hydrogen-bond donors (Lipinski definition) is 1. The lowest BCUT2D eigenvalue weighted by Crippen LogP contribution is -2.37. The average molecular weight is 326 g/mol. The maximum Gasteiger partial charge on any atom is 0.144 e. The van der Waals surface area contributed by atoms with Crippen molar-refractivity contribution in [2.45, 2.75) is 51.7 Å². The molecule has 6 nitrogen and oxygen atoms in total. The Bertz CT molecular complexity index is 647. The largest absolute Gasteiger partial charge is 0.363 e. The molecule has 0 amide bonds. The van der Waals surface area contributed by atoms with Crippen LogP contribution < -0.4 is 5.32 Å². The van der Waals surface area contributed by atoms with Gasteiger partial charge in [0.15, 0.2) is 0 Å². The van der Waals surface area contributed by atoms with Gasteiger partial charge in [-0.1, -0.05) is 19.3 Å². The van der Waals surface area contributed by atoms with Gasteiger partial charge in [0, 0.05) is 32.0 Å². The molecule has 24 heavy (non-hydrogen) atoms. The van der Waals surface area contributed by atoms with Crippen molar-refractivity contribution in [1.82, 2.24) is 24.6 Å². The molecule has 0 atom stereocenters. The smallest absolute Gasteiger partial charge is 0.144 e. The normalized spacial score (nSPS) is 19.2. The summed E-state index contributed by atoms with van der Waals surface area (Å²) in [5, 5.41) is 8.01. The molecule has 2 aliphatic rings. The Morgan fingerprint density at radius 1 is 1.12 bits per heavy atom. The highest BCUT2D eigenvalue weighted by Crippen LogP contribution is 2.26. The van der Waals surface area contributed by atoms with Crippen LogP contribution in [0.2, 0.25) is 0 Å². The maximum atomic E-state index is 4.73. The number of nitrogens with one attached hydrogen (secondary N) is 1. The van der Waals surface area contributed by atoms with E-state index < -0.39 is 0 Å². The number of nitrogens with zero attached hydrogens (tertiary/aromatic N) is 5. The first-order valence-electron chi connectivity index (χ1n) is 9.15. The van der Waals surface area contributed by atoms with Crippen molar-refractivity contribution in [1.29, 1.82) is 0 Å². The van der Waals surface area contributed by atoms with Gasteiger partial charge >= 0.3 is 0 Å². The first-order valence-corrected chi connectivity index (χ1v) is 9.15. The van der Waals surface area contributed by atoms with Crippen molar-refractivity contribution >= 4 is 5.82 Å². The minimum absolute atomic E-state index is 0.696. The topological polar surface area (TPSA) is 58.9 Å². The van der Waals surface area contributed by atoms with Crippen molar-refractivity contribution in [2.75, 3.05) is 18.4 Å². The molecule has 0 spiro atoms. The SMILES string of the molecule is c1cnc(NCc2cc3n(n2)CCN(CC2CCCCC2)C3)cn1. The van der Waals surface area contributed by atoms with Gasteiger partial charge in [0.2, 0.25) is 0 Å². The molecule has 0 unspecified atom stereocenters. The zero-order valence-corrected chi connectivity index (χ0v) is 14.2. The molecule has 0 radical (unpaired) electrons. The Labute approximate surface area is 143 Å². The zero-order valence-electron chi connectivity index (χ0n) is 14.2. The molecule has 1 aliphatic heterocycles. The highest BCUT2D eigenvalue weighted by atomic mass is 15.3. The Morgan fingerprint density at radius 3 is 2.88 bits per heavy atom. The van der Waals surface area contributed by atoms with Crippen LogP contribution in [-0.4, -0.2) is 37.7 Å². The first kappa shape index (κ1) is 15.6.